The van der Waals surface area contributed by atoms with E-state index in [0.29, 0.717) is 10.9 Å². The second-order valence-electron chi connectivity index (χ2n) is 5.29. The van der Waals surface area contributed by atoms with Crippen LogP contribution in [0.15, 0.2) is 18.2 Å². The minimum absolute atomic E-state index is 0.157. The van der Waals surface area contributed by atoms with Crippen molar-refractivity contribution in [3.8, 4) is 0 Å². The van der Waals surface area contributed by atoms with Gasteiger partial charge in [-0.3, -0.25) is 4.79 Å². The maximum atomic E-state index is 12.0. The Morgan fingerprint density at radius 2 is 2.10 bits per heavy atom. The molecule has 0 spiro atoms. The molecule has 1 fully saturated rings. The monoisotopic (exact) mass is 329 g/mol. The summed E-state index contributed by atoms with van der Waals surface area (Å²) >= 11 is 11.6. The van der Waals surface area contributed by atoms with Crippen molar-refractivity contribution < 1.29 is 14.3 Å². The minimum Gasteiger partial charge on any atom is -0.452 e. The van der Waals surface area contributed by atoms with Crippen LogP contribution < -0.4 is 0 Å². The molecule has 1 aliphatic rings. The topological polar surface area (TPSA) is 46.6 Å². The first kappa shape index (κ1) is 16.1. The van der Waals surface area contributed by atoms with Crippen molar-refractivity contribution in [3.05, 3.63) is 33.8 Å². The molecule has 1 amide bonds. The van der Waals surface area contributed by atoms with Crippen LogP contribution in [0.5, 0.6) is 0 Å². The van der Waals surface area contributed by atoms with E-state index in [1.165, 1.54) is 18.2 Å². The minimum atomic E-state index is -0.577. The number of carbonyl (C=O) groups is 2. The van der Waals surface area contributed by atoms with Gasteiger partial charge in [-0.05, 0) is 37.0 Å². The quantitative estimate of drug-likeness (QED) is 0.798. The Morgan fingerprint density at radius 3 is 2.76 bits per heavy atom. The number of hydrogen-bond donors (Lipinski definition) is 0. The van der Waals surface area contributed by atoms with E-state index in [-0.39, 0.29) is 23.1 Å². The smallest absolute Gasteiger partial charge is 0.338 e. The first-order chi connectivity index (χ1) is 9.97. The average Bonchev–Trinajstić information content (AvgIpc) is 2.47. The van der Waals surface area contributed by atoms with Crippen molar-refractivity contribution in [2.24, 2.45) is 5.92 Å². The summed E-state index contributed by atoms with van der Waals surface area (Å²) in [5, 5.41) is 0.647. The number of nitrogens with zero attached hydrogens (tertiary/aromatic N) is 1. The van der Waals surface area contributed by atoms with E-state index in [0.717, 1.165) is 25.9 Å². The molecule has 1 unspecified atom stereocenters. The highest BCUT2D eigenvalue weighted by Gasteiger charge is 2.22. The first-order valence-corrected chi connectivity index (χ1v) is 7.63. The molecule has 1 aromatic rings. The number of rotatable bonds is 3. The number of hydrogen-bond acceptors (Lipinski definition) is 3. The summed E-state index contributed by atoms with van der Waals surface area (Å²) in [6.45, 7) is 3.32. The second kappa shape index (κ2) is 7.14. The van der Waals surface area contributed by atoms with Crippen LogP contribution in [0, 0.1) is 5.92 Å². The lowest BCUT2D eigenvalue weighted by atomic mass is 10.0. The number of benzene rings is 1. The molecule has 21 heavy (non-hydrogen) atoms. The van der Waals surface area contributed by atoms with Crippen molar-refractivity contribution >= 4 is 35.1 Å². The fraction of sp³-hybridized carbons (Fsp3) is 0.467. The van der Waals surface area contributed by atoms with Crippen molar-refractivity contribution in [3.63, 3.8) is 0 Å². The van der Waals surface area contributed by atoms with E-state index in [4.69, 9.17) is 27.9 Å². The highest BCUT2D eigenvalue weighted by Crippen LogP contribution is 2.23. The summed E-state index contributed by atoms with van der Waals surface area (Å²) < 4.78 is 5.04. The molecule has 0 aromatic heterocycles. The summed E-state index contributed by atoms with van der Waals surface area (Å²) in [5.74, 6) is -0.240. The van der Waals surface area contributed by atoms with E-state index >= 15 is 0 Å². The molecule has 6 heteroatoms. The molecule has 1 aromatic carbocycles. The SMILES string of the molecule is CC1CCCN(C(=O)COC(=O)c2ccc(Cl)c(Cl)c2)C1. The van der Waals surface area contributed by atoms with Gasteiger partial charge in [-0.2, -0.15) is 0 Å². The summed E-state index contributed by atoms with van der Waals surface area (Å²) in [5.41, 5.74) is 0.282. The molecule has 2 rings (SSSR count). The van der Waals surface area contributed by atoms with Crippen LogP contribution in [-0.4, -0.2) is 36.5 Å². The predicted molar refractivity (Wildman–Crippen MR) is 81.7 cm³/mol. The van der Waals surface area contributed by atoms with Gasteiger partial charge in [0.25, 0.3) is 5.91 Å². The third-order valence-electron chi connectivity index (χ3n) is 3.49. The fourth-order valence-electron chi connectivity index (χ4n) is 2.34. The van der Waals surface area contributed by atoms with Crippen molar-refractivity contribution in [1.82, 2.24) is 4.90 Å². The summed E-state index contributed by atoms with van der Waals surface area (Å²) in [7, 11) is 0. The lowest BCUT2D eigenvalue weighted by Crippen LogP contribution is -2.41. The molecule has 1 saturated heterocycles. The van der Waals surface area contributed by atoms with Gasteiger partial charge in [0.15, 0.2) is 6.61 Å². The zero-order chi connectivity index (χ0) is 15.4. The van der Waals surface area contributed by atoms with Gasteiger partial charge in [0, 0.05) is 13.1 Å². The highest BCUT2D eigenvalue weighted by molar-refractivity contribution is 6.42. The summed E-state index contributed by atoms with van der Waals surface area (Å²) in [4.78, 5) is 25.6. The lowest BCUT2D eigenvalue weighted by Gasteiger charge is -2.30. The molecule has 1 heterocycles. The number of amides is 1. The van der Waals surface area contributed by atoms with Gasteiger partial charge in [-0.1, -0.05) is 30.1 Å². The van der Waals surface area contributed by atoms with Gasteiger partial charge >= 0.3 is 5.97 Å². The molecule has 1 atom stereocenters. The van der Waals surface area contributed by atoms with Gasteiger partial charge < -0.3 is 9.64 Å². The Labute approximate surface area is 134 Å². The second-order valence-corrected chi connectivity index (χ2v) is 6.11. The van der Waals surface area contributed by atoms with Gasteiger partial charge in [0.05, 0.1) is 15.6 Å². The number of piperidine rings is 1. The molecule has 114 valence electrons. The molecule has 1 aliphatic heterocycles. The van der Waals surface area contributed by atoms with Gasteiger partial charge in [-0.15, -0.1) is 0 Å². The molecule has 0 saturated carbocycles. The highest BCUT2D eigenvalue weighted by atomic mass is 35.5. The Bertz CT molecular complexity index is 548. The largest absolute Gasteiger partial charge is 0.452 e. The third kappa shape index (κ3) is 4.35. The maximum Gasteiger partial charge on any atom is 0.338 e. The zero-order valence-electron chi connectivity index (χ0n) is 11.8. The maximum absolute atomic E-state index is 12.0. The zero-order valence-corrected chi connectivity index (χ0v) is 13.3. The summed E-state index contributed by atoms with van der Waals surface area (Å²) in [6, 6.07) is 4.47. The number of likely N-dealkylation sites (tertiary alicyclic amines) is 1. The molecule has 0 aliphatic carbocycles. The fourth-order valence-corrected chi connectivity index (χ4v) is 2.64. The molecular weight excluding hydrogens is 313 g/mol. The Hall–Kier alpha value is -1.26. The predicted octanol–water partition coefficient (Wildman–Crippen LogP) is 3.41. The van der Waals surface area contributed by atoms with Crippen molar-refractivity contribution in [1.29, 1.82) is 0 Å². The Kier molecular flexibility index (Phi) is 5.48. The Morgan fingerprint density at radius 1 is 1.33 bits per heavy atom. The standard InChI is InChI=1S/C15H17Cl2NO3/c1-10-3-2-6-18(8-10)14(19)9-21-15(20)11-4-5-12(16)13(17)7-11/h4-5,7,10H,2-3,6,8-9H2,1H3. The molecule has 0 N–H and O–H groups in total. The van der Waals surface area contributed by atoms with Crippen LogP contribution in [-0.2, 0) is 9.53 Å². The number of ether oxygens (including phenoxy) is 1. The van der Waals surface area contributed by atoms with Gasteiger partial charge in [0.2, 0.25) is 0 Å². The number of esters is 1. The van der Waals surface area contributed by atoms with Gasteiger partial charge in [0.1, 0.15) is 0 Å². The van der Waals surface area contributed by atoms with Crippen LogP contribution in [0.1, 0.15) is 30.1 Å². The van der Waals surface area contributed by atoms with Crippen LogP contribution in [0.4, 0.5) is 0 Å². The van der Waals surface area contributed by atoms with Crippen LogP contribution in [0.25, 0.3) is 0 Å². The Balaban J connectivity index is 1.88. The van der Waals surface area contributed by atoms with E-state index in [9.17, 15) is 9.59 Å². The number of carbonyl (C=O) groups excluding carboxylic acids is 2. The third-order valence-corrected chi connectivity index (χ3v) is 4.23. The molecule has 0 bridgehead atoms. The molecular formula is C15H17Cl2NO3. The normalized spacial score (nSPS) is 18.4. The molecule has 0 radical (unpaired) electrons. The van der Waals surface area contributed by atoms with Gasteiger partial charge in [-0.25, -0.2) is 4.79 Å². The first-order valence-electron chi connectivity index (χ1n) is 6.87. The van der Waals surface area contributed by atoms with Crippen LogP contribution in [0.2, 0.25) is 10.0 Å². The number of halogens is 2. The van der Waals surface area contributed by atoms with Crippen LogP contribution >= 0.6 is 23.2 Å². The molecule has 4 nitrogen and oxygen atoms in total. The van der Waals surface area contributed by atoms with Crippen molar-refractivity contribution in [2.45, 2.75) is 19.8 Å². The van der Waals surface area contributed by atoms with E-state index < -0.39 is 5.97 Å². The van der Waals surface area contributed by atoms with E-state index in [1.807, 2.05) is 0 Å². The lowest BCUT2D eigenvalue weighted by molar-refractivity contribution is -0.136. The van der Waals surface area contributed by atoms with E-state index in [2.05, 4.69) is 6.92 Å². The van der Waals surface area contributed by atoms with Crippen molar-refractivity contribution in [2.75, 3.05) is 19.7 Å². The summed E-state index contributed by atoms with van der Waals surface area (Å²) in [6.07, 6.45) is 2.13. The average molecular weight is 330 g/mol. The van der Waals surface area contributed by atoms with Crippen LogP contribution in [0.3, 0.4) is 0 Å². The van der Waals surface area contributed by atoms with E-state index in [1.54, 1.807) is 4.90 Å².